The van der Waals surface area contributed by atoms with Gasteiger partial charge in [0.25, 0.3) is 0 Å². The van der Waals surface area contributed by atoms with Gasteiger partial charge in [0.05, 0.1) is 17.6 Å². The van der Waals surface area contributed by atoms with Crippen molar-refractivity contribution in [1.82, 2.24) is 9.55 Å². The van der Waals surface area contributed by atoms with Gasteiger partial charge < -0.3 is 9.30 Å². The number of hydrogen-bond acceptors (Lipinski definition) is 2. The van der Waals surface area contributed by atoms with Crippen molar-refractivity contribution in [3.8, 4) is 17.1 Å². The normalized spacial score (nSPS) is 11.1. The number of imidazole rings is 1. The Morgan fingerprint density at radius 2 is 1.59 bits per heavy atom. The van der Waals surface area contributed by atoms with E-state index in [1.165, 1.54) is 11.1 Å². The number of para-hydroxylation sites is 3. The van der Waals surface area contributed by atoms with E-state index in [9.17, 15) is 0 Å². The predicted octanol–water partition coefficient (Wildman–Crippen LogP) is 6.83. The van der Waals surface area contributed by atoms with Gasteiger partial charge in [-0.25, -0.2) is 4.98 Å². The van der Waals surface area contributed by atoms with Crippen LogP contribution in [0.3, 0.4) is 0 Å². The number of rotatable bonds is 7. The molecule has 0 spiro atoms. The maximum atomic E-state index is 6.07. The standard InChI is InChI=1S/C25H25ClN2O/c1-18-8-7-9-19(2)24(18)29-17-6-5-16-28-23-11-4-3-10-22(23)27-25(28)20-12-14-21(26)15-13-20/h3-4,7-15H,5-6,16-17H2,1-2H3. The van der Waals surface area contributed by atoms with Crippen LogP contribution >= 0.6 is 11.6 Å². The lowest BCUT2D eigenvalue weighted by atomic mass is 10.1. The van der Waals surface area contributed by atoms with Crippen LogP contribution in [0.15, 0.2) is 66.7 Å². The summed E-state index contributed by atoms with van der Waals surface area (Å²) in [6, 6.07) is 22.5. The maximum absolute atomic E-state index is 6.07. The lowest BCUT2D eigenvalue weighted by Crippen LogP contribution is -2.05. The topological polar surface area (TPSA) is 27.1 Å². The average molecular weight is 405 g/mol. The largest absolute Gasteiger partial charge is 0.493 e. The highest BCUT2D eigenvalue weighted by Gasteiger charge is 2.12. The first-order chi connectivity index (χ1) is 14.1. The average Bonchev–Trinajstić information content (AvgIpc) is 3.09. The van der Waals surface area contributed by atoms with Crippen molar-refractivity contribution in [1.29, 1.82) is 0 Å². The van der Waals surface area contributed by atoms with Gasteiger partial charge in [0.15, 0.2) is 0 Å². The molecule has 3 nitrogen and oxygen atoms in total. The van der Waals surface area contributed by atoms with E-state index in [4.69, 9.17) is 21.3 Å². The van der Waals surface area contributed by atoms with Gasteiger partial charge in [0, 0.05) is 17.1 Å². The Hall–Kier alpha value is -2.78. The highest BCUT2D eigenvalue weighted by molar-refractivity contribution is 6.30. The molecule has 1 aromatic heterocycles. The third-order valence-corrected chi connectivity index (χ3v) is 5.44. The summed E-state index contributed by atoms with van der Waals surface area (Å²) in [7, 11) is 0. The fraction of sp³-hybridized carbons (Fsp3) is 0.240. The SMILES string of the molecule is Cc1cccc(C)c1OCCCCn1c(-c2ccc(Cl)cc2)nc2ccccc21. The van der Waals surface area contributed by atoms with Crippen LogP contribution in [-0.4, -0.2) is 16.2 Å². The molecule has 0 saturated heterocycles. The lowest BCUT2D eigenvalue weighted by molar-refractivity contribution is 0.300. The highest BCUT2D eigenvalue weighted by atomic mass is 35.5. The fourth-order valence-corrected chi connectivity index (χ4v) is 3.82. The van der Waals surface area contributed by atoms with Crippen LogP contribution in [-0.2, 0) is 6.54 Å². The molecule has 0 atom stereocenters. The smallest absolute Gasteiger partial charge is 0.141 e. The Morgan fingerprint density at radius 3 is 2.34 bits per heavy atom. The summed E-state index contributed by atoms with van der Waals surface area (Å²) in [5.41, 5.74) is 5.64. The summed E-state index contributed by atoms with van der Waals surface area (Å²) < 4.78 is 8.37. The van der Waals surface area contributed by atoms with E-state index in [0.29, 0.717) is 6.61 Å². The molecule has 4 rings (SSSR count). The van der Waals surface area contributed by atoms with Crippen LogP contribution in [0.1, 0.15) is 24.0 Å². The van der Waals surface area contributed by atoms with Crippen molar-refractivity contribution in [2.24, 2.45) is 0 Å². The van der Waals surface area contributed by atoms with E-state index in [-0.39, 0.29) is 0 Å². The molecular formula is C25H25ClN2O. The summed E-state index contributed by atoms with van der Waals surface area (Å²) >= 11 is 6.07. The van der Waals surface area contributed by atoms with Crippen molar-refractivity contribution in [2.45, 2.75) is 33.2 Å². The number of aryl methyl sites for hydroxylation is 3. The molecule has 0 aliphatic heterocycles. The second-order valence-electron chi connectivity index (χ2n) is 7.36. The molecule has 0 saturated carbocycles. The van der Waals surface area contributed by atoms with Crippen molar-refractivity contribution in [3.05, 3.63) is 82.9 Å². The zero-order valence-electron chi connectivity index (χ0n) is 16.9. The summed E-state index contributed by atoms with van der Waals surface area (Å²) in [5, 5.41) is 0.736. The van der Waals surface area contributed by atoms with Crippen molar-refractivity contribution in [3.63, 3.8) is 0 Å². The number of halogens is 1. The zero-order chi connectivity index (χ0) is 20.2. The van der Waals surface area contributed by atoms with Crippen LogP contribution in [0.2, 0.25) is 5.02 Å². The number of fused-ring (bicyclic) bond motifs is 1. The van der Waals surface area contributed by atoms with Gasteiger partial charge in [-0.05, 0) is 74.2 Å². The monoisotopic (exact) mass is 404 g/mol. The van der Waals surface area contributed by atoms with Crippen molar-refractivity contribution >= 4 is 22.6 Å². The number of unbranched alkanes of at least 4 members (excludes halogenated alkanes) is 1. The Morgan fingerprint density at radius 1 is 0.862 bits per heavy atom. The molecule has 29 heavy (non-hydrogen) atoms. The van der Waals surface area contributed by atoms with Gasteiger partial charge in [-0.2, -0.15) is 0 Å². The van der Waals surface area contributed by atoms with Gasteiger partial charge in [-0.1, -0.05) is 41.9 Å². The number of benzene rings is 3. The quantitative estimate of drug-likeness (QED) is 0.315. The van der Waals surface area contributed by atoms with Crippen LogP contribution in [0.4, 0.5) is 0 Å². The van der Waals surface area contributed by atoms with Gasteiger partial charge >= 0.3 is 0 Å². The summed E-state index contributed by atoms with van der Waals surface area (Å²) in [5.74, 6) is 2.00. The van der Waals surface area contributed by atoms with Crippen molar-refractivity contribution in [2.75, 3.05) is 6.61 Å². The first-order valence-corrected chi connectivity index (χ1v) is 10.4. The molecule has 0 amide bonds. The van der Waals surface area contributed by atoms with E-state index >= 15 is 0 Å². The summed E-state index contributed by atoms with van der Waals surface area (Å²) in [6.07, 6.45) is 2.01. The molecule has 4 heteroatoms. The second-order valence-corrected chi connectivity index (χ2v) is 7.80. The molecule has 0 fully saturated rings. The van der Waals surface area contributed by atoms with E-state index in [0.717, 1.165) is 52.6 Å². The minimum atomic E-state index is 0.717. The summed E-state index contributed by atoms with van der Waals surface area (Å²) in [6.45, 7) is 5.81. The fourth-order valence-electron chi connectivity index (χ4n) is 3.69. The third-order valence-electron chi connectivity index (χ3n) is 5.19. The Balaban J connectivity index is 1.47. The molecule has 0 N–H and O–H groups in total. The van der Waals surface area contributed by atoms with Gasteiger partial charge in [-0.15, -0.1) is 0 Å². The second kappa shape index (κ2) is 8.71. The lowest BCUT2D eigenvalue weighted by Gasteiger charge is -2.13. The van der Waals surface area contributed by atoms with Crippen LogP contribution in [0, 0.1) is 13.8 Å². The molecule has 1 heterocycles. The van der Waals surface area contributed by atoms with E-state index in [1.807, 2.05) is 30.3 Å². The molecule has 0 bridgehead atoms. The number of aromatic nitrogens is 2. The van der Waals surface area contributed by atoms with Crippen LogP contribution < -0.4 is 4.74 Å². The number of ether oxygens (including phenoxy) is 1. The van der Waals surface area contributed by atoms with E-state index in [1.54, 1.807) is 0 Å². The highest BCUT2D eigenvalue weighted by Crippen LogP contribution is 2.27. The Bertz CT molecular complexity index is 1100. The Labute approximate surface area is 176 Å². The summed E-state index contributed by atoms with van der Waals surface area (Å²) in [4.78, 5) is 4.87. The number of nitrogens with zero attached hydrogens (tertiary/aromatic N) is 2. The predicted molar refractivity (Wildman–Crippen MR) is 121 cm³/mol. The van der Waals surface area contributed by atoms with Crippen molar-refractivity contribution < 1.29 is 4.74 Å². The zero-order valence-corrected chi connectivity index (χ0v) is 17.6. The molecule has 0 radical (unpaired) electrons. The molecule has 0 aliphatic rings. The Kier molecular flexibility index (Phi) is 5.86. The molecule has 3 aromatic carbocycles. The molecular weight excluding hydrogens is 380 g/mol. The van der Waals surface area contributed by atoms with Gasteiger partial charge in [-0.3, -0.25) is 0 Å². The first kappa shape index (κ1) is 19.5. The number of hydrogen-bond donors (Lipinski definition) is 0. The maximum Gasteiger partial charge on any atom is 0.141 e. The minimum Gasteiger partial charge on any atom is -0.493 e. The van der Waals surface area contributed by atoms with Gasteiger partial charge in [0.1, 0.15) is 11.6 Å². The first-order valence-electron chi connectivity index (χ1n) is 10.0. The molecule has 0 unspecified atom stereocenters. The third kappa shape index (κ3) is 4.30. The van der Waals surface area contributed by atoms with E-state index < -0.39 is 0 Å². The molecule has 148 valence electrons. The molecule has 4 aromatic rings. The van der Waals surface area contributed by atoms with Gasteiger partial charge in [0.2, 0.25) is 0 Å². The molecule has 0 aliphatic carbocycles. The van der Waals surface area contributed by atoms with Crippen LogP contribution in [0.25, 0.3) is 22.4 Å². The van der Waals surface area contributed by atoms with Crippen LogP contribution in [0.5, 0.6) is 5.75 Å². The van der Waals surface area contributed by atoms with E-state index in [2.05, 4.69) is 54.8 Å². The minimum absolute atomic E-state index is 0.717.